The van der Waals surface area contributed by atoms with Gasteiger partial charge in [-0.25, -0.2) is 0 Å². The molecule has 3 aromatic rings. The first-order valence-corrected chi connectivity index (χ1v) is 9.68. The normalized spacial score (nSPS) is 15.2. The molecule has 1 aliphatic carbocycles. The Hall–Kier alpha value is -3.32. The number of aryl methyl sites for hydroxylation is 1. The quantitative estimate of drug-likeness (QED) is 0.734. The highest BCUT2D eigenvalue weighted by molar-refractivity contribution is 6.02. The lowest BCUT2D eigenvalue weighted by atomic mass is 9.98. The van der Waals surface area contributed by atoms with E-state index >= 15 is 0 Å². The van der Waals surface area contributed by atoms with Crippen molar-refractivity contribution in [1.82, 2.24) is 4.57 Å². The van der Waals surface area contributed by atoms with Crippen molar-refractivity contribution < 1.29 is 4.79 Å². The molecule has 1 heterocycles. The lowest BCUT2D eigenvalue weighted by Gasteiger charge is -2.20. The molecule has 1 aliphatic rings. The highest BCUT2D eigenvalue weighted by Gasteiger charge is 2.31. The monoisotopic (exact) mass is 369 g/mol. The van der Waals surface area contributed by atoms with Gasteiger partial charge in [0.2, 0.25) is 0 Å². The van der Waals surface area contributed by atoms with E-state index in [0.717, 1.165) is 41.8 Å². The summed E-state index contributed by atoms with van der Waals surface area (Å²) in [4.78, 5) is 12.4. The summed E-state index contributed by atoms with van der Waals surface area (Å²) in [6.07, 6.45) is 2.86. The zero-order valence-electron chi connectivity index (χ0n) is 16.2. The van der Waals surface area contributed by atoms with E-state index in [0.29, 0.717) is 11.1 Å². The van der Waals surface area contributed by atoms with Crippen LogP contribution in [0, 0.1) is 18.3 Å². The number of benzene rings is 2. The van der Waals surface area contributed by atoms with Crippen molar-refractivity contribution in [3.05, 3.63) is 82.2 Å². The SMILES string of the molecule is CCc1c(-c2ccc(C#N)cc2)c(C(N)=O)c(C)n1C1CCc2ccccc21. The molecular weight excluding hydrogens is 346 g/mol. The minimum Gasteiger partial charge on any atom is -0.366 e. The third-order valence-electron chi connectivity index (χ3n) is 5.85. The van der Waals surface area contributed by atoms with Crippen LogP contribution in [-0.4, -0.2) is 10.5 Å². The van der Waals surface area contributed by atoms with Crippen LogP contribution in [0.3, 0.4) is 0 Å². The van der Waals surface area contributed by atoms with Crippen molar-refractivity contribution in [2.45, 2.75) is 39.2 Å². The molecule has 0 fully saturated rings. The molecule has 1 unspecified atom stereocenters. The van der Waals surface area contributed by atoms with Gasteiger partial charge in [-0.2, -0.15) is 5.26 Å². The number of hydrogen-bond acceptors (Lipinski definition) is 2. The van der Waals surface area contributed by atoms with Gasteiger partial charge < -0.3 is 10.3 Å². The number of rotatable bonds is 4. The van der Waals surface area contributed by atoms with Gasteiger partial charge in [-0.05, 0) is 55.0 Å². The summed E-state index contributed by atoms with van der Waals surface area (Å²) in [5.41, 5.74) is 13.6. The average Bonchev–Trinajstić information content (AvgIpc) is 3.26. The number of amides is 1. The minimum absolute atomic E-state index is 0.219. The van der Waals surface area contributed by atoms with Crippen LogP contribution in [0.5, 0.6) is 0 Å². The van der Waals surface area contributed by atoms with E-state index in [4.69, 9.17) is 11.0 Å². The van der Waals surface area contributed by atoms with E-state index < -0.39 is 5.91 Å². The fourth-order valence-corrected chi connectivity index (χ4v) is 4.66. The highest BCUT2D eigenvalue weighted by Crippen LogP contribution is 2.41. The summed E-state index contributed by atoms with van der Waals surface area (Å²) in [5, 5.41) is 9.10. The predicted molar refractivity (Wildman–Crippen MR) is 110 cm³/mol. The molecule has 0 spiro atoms. The Morgan fingerprint density at radius 1 is 1.21 bits per heavy atom. The number of primary amides is 1. The van der Waals surface area contributed by atoms with Crippen molar-refractivity contribution in [3.63, 3.8) is 0 Å². The fourth-order valence-electron chi connectivity index (χ4n) is 4.66. The first-order chi connectivity index (χ1) is 13.6. The van der Waals surface area contributed by atoms with Crippen LogP contribution in [0.25, 0.3) is 11.1 Å². The molecule has 2 aromatic carbocycles. The maximum Gasteiger partial charge on any atom is 0.251 e. The second kappa shape index (κ2) is 7.01. The van der Waals surface area contributed by atoms with Gasteiger partial charge in [0, 0.05) is 17.0 Å². The number of carbonyl (C=O) groups excluding carboxylic acids is 1. The summed E-state index contributed by atoms with van der Waals surface area (Å²) in [6, 6.07) is 18.3. The van der Waals surface area contributed by atoms with Gasteiger partial charge in [0.1, 0.15) is 0 Å². The maximum absolute atomic E-state index is 12.4. The van der Waals surface area contributed by atoms with Crippen LogP contribution in [0.4, 0.5) is 0 Å². The lowest BCUT2D eigenvalue weighted by Crippen LogP contribution is -2.15. The van der Waals surface area contributed by atoms with Crippen molar-refractivity contribution in [1.29, 1.82) is 5.26 Å². The van der Waals surface area contributed by atoms with Crippen molar-refractivity contribution in [2.75, 3.05) is 0 Å². The average molecular weight is 369 g/mol. The largest absolute Gasteiger partial charge is 0.366 e. The molecule has 4 rings (SSSR count). The molecule has 1 atom stereocenters. The first-order valence-electron chi connectivity index (χ1n) is 9.68. The zero-order chi connectivity index (χ0) is 19.8. The van der Waals surface area contributed by atoms with Crippen molar-refractivity contribution in [3.8, 4) is 17.2 Å². The Bertz CT molecular complexity index is 1100. The molecule has 4 nitrogen and oxygen atoms in total. The van der Waals surface area contributed by atoms with E-state index in [-0.39, 0.29) is 6.04 Å². The highest BCUT2D eigenvalue weighted by atomic mass is 16.1. The van der Waals surface area contributed by atoms with Crippen LogP contribution in [0.1, 0.15) is 57.8 Å². The summed E-state index contributed by atoms with van der Waals surface area (Å²) in [6.45, 7) is 4.11. The van der Waals surface area contributed by atoms with Crippen LogP contribution in [0.2, 0.25) is 0 Å². The third-order valence-corrected chi connectivity index (χ3v) is 5.85. The van der Waals surface area contributed by atoms with Gasteiger partial charge >= 0.3 is 0 Å². The number of nitrogens with zero attached hydrogens (tertiary/aromatic N) is 2. The predicted octanol–water partition coefficient (Wildman–Crippen LogP) is 4.53. The Kier molecular flexibility index (Phi) is 4.52. The topological polar surface area (TPSA) is 71.8 Å². The molecular formula is C24H23N3O. The van der Waals surface area contributed by atoms with Gasteiger partial charge in [-0.1, -0.05) is 43.3 Å². The van der Waals surface area contributed by atoms with Gasteiger partial charge in [-0.3, -0.25) is 4.79 Å². The number of carbonyl (C=O) groups is 1. The molecule has 0 bridgehead atoms. The third kappa shape index (κ3) is 2.71. The van der Waals surface area contributed by atoms with Crippen LogP contribution < -0.4 is 5.73 Å². The van der Waals surface area contributed by atoms with Crippen molar-refractivity contribution in [2.24, 2.45) is 5.73 Å². The van der Waals surface area contributed by atoms with Gasteiger partial charge in [0.25, 0.3) is 5.91 Å². The Balaban J connectivity index is 1.96. The Morgan fingerprint density at radius 2 is 1.93 bits per heavy atom. The molecule has 28 heavy (non-hydrogen) atoms. The fraction of sp³-hybridized carbons (Fsp3) is 0.250. The van der Waals surface area contributed by atoms with Gasteiger partial charge in [-0.15, -0.1) is 0 Å². The molecule has 0 aliphatic heterocycles. The first kappa shape index (κ1) is 18.1. The van der Waals surface area contributed by atoms with E-state index in [9.17, 15) is 4.79 Å². The molecule has 0 saturated carbocycles. The second-order valence-corrected chi connectivity index (χ2v) is 7.31. The van der Waals surface area contributed by atoms with E-state index in [1.54, 1.807) is 12.1 Å². The van der Waals surface area contributed by atoms with Gasteiger partial charge in [0.05, 0.1) is 23.2 Å². The Morgan fingerprint density at radius 3 is 2.57 bits per heavy atom. The second-order valence-electron chi connectivity index (χ2n) is 7.31. The summed E-state index contributed by atoms with van der Waals surface area (Å²) < 4.78 is 2.32. The summed E-state index contributed by atoms with van der Waals surface area (Å²) in [7, 11) is 0. The Labute approximate surface area is 165 Å². The van der Waals surface area contributed by atoms with E-state index in [1.807, 2.05) is 19.1 Å². The number of fused-ring (bicyclic) bond motifs is 1. The standard InChI is InChI=1S/C24H23N3O/c1-3-20-23(18-10-8-16(14-25)9-11-18)22(24(26)28)15(2)27(20)21-13-12-17-6-4-5-7-19(17)21/h4-11,21H,3,12-13H2,1-2H3,(H2,26,28). The van der Waals surface area contributed by atoms with Crippen molar-refractivity contribution >= 4 is 5.91 Å². The lowest BCUT2D eigenvalue weighted by molar-refractivity contribution is 0.1000. The van der Waals surface area contributed by atoms with Crippen LogP contribution >= 0.6 is 0 Å². The molecule has 1 aromatic heterocycles. The smallest absolute Gasteiger partial charge is 0.251 e. The number of hydrogen-bond donors (Lipinski definition) is 1. The molecule has 140 valence electrons. The van der Waals surface area contributed by atoms with E-state index in [2.05, 4.69) is 41.8 Å². The molecule has 4 heteroatoms. The molecule has 0 radical (unpaired) electrons. The minimum atomic E-state index is -0.406. The maximum atomic E-state index is 12.4. The number of aromatic nitrogens is 1. The zero-order valence-corrected chi connectivity index (χ0v) is 16.2. The van der Waals surface area contributed by atoms with Crippen LogP contribution in [0.15, 0.2) is 48.5 Å². The van der Waals surface area contributed by atoms with Gasteiger partial charge in [0.15, 0.2) is 0 Å². The number of nitrogens with two attached hydrogens (primary N) is 1. The molecule has 0 saturated heterocycles. The van der Waals surface area contributed by atoms with Crippen LogP contribution in [-0.2, 0) is 12.8 Å². The molecule has 1 amide bonds. The van der Waals surface area contributed by atoms with E-state index in [1.165, 1.54) is 11.1 Å². The number of nitriles is 1. The molecule has 2 N–H and O–H groups in total. The summed E-state index contributed by atoms with van der Waals surface area (Å²) >= 11 is 0. The summed E-state index contributed by atoms with van der Waals surface area (Å²) in [5.74, 6) is -0.406.